The number of unbranched alkanes of at least 4 members (excludes halogenated alkanes) is 1. The van der Waals surface area contributed by atoms with Crippen molar-refractivity contribution >= 4 is 70.3 Å². The molecule has 0 fully saturated rings. The predicted octanol–water partition coefficient (Wildman–Crippen LogP) is 11.2. The van der Waals surface area contributed by atoms with Crippen LogP contribution in [0.4, 0.5) is 0 Å². The van der Waals surface area contributed by atoms with Gasteiger partial charge < -0.3 is 10.5 Å². The Labute approximate surface area is 291 Å². The van der Waals surface area contributed by atoms with Crippen molar-refractivity contribution in [1.29, 1.82) is 0 Å². The molecule has 0 saturated heterocycles. The van der Waals surface area contributed by atoms with Gasteiger partial charge >= 0.3 is 0 Å². The Morgan fingerprint density at radius 3 is 2.65 bits per heavy atom. The first-order valence-electron chi connectivity index (χ1n) is 16.1. The number of rotatable bonds is 7. The predicted molar refractivity (Wildman–Crippen MR) is 208 cm³/mol. The van der Waals surface area contributed by atoms with Crippen LogP contribution in [0.15, 0.2) is 120 Å². The van der Waals surface area contributed by atoms with E-state index in [9.17, 15) is 0 Å². The highest BCUT2D eigenvalue weighted by Gasteiger charge is 2.32. The molecule has 2 N–H and O–H groups in total. The van der Waals surface area contributed by atoms with Gasteiger partial charge in [0.25, 0.3) is 0 Å². The summed E-state index contributed by atoms with van der Waals surface area (Å²) >= 11 is 8.55. The first-order valence-corrected chi connectivity index (χ1v) is 19.6. The second-order valence-electron chi connectivity index (χ2n) is 12.3. The average molecular weight is 757 g/mol. The lowest BCUT2D eigenvalue weighted by molar-refractivity contribution is 0.440. The van der Waals surface area contributed by atoms with Gasteiger partial charge in [-0.2, -0.15) is 0 Å². The summed E-state index contributed by atoms with van der Waals surface area (Å²) in [6.45, 7) is 6.63. The Hall–Kier alpha value is -3.13. The molecule has 4 aliphatic rings. The van der Waals surface area contributed by atoms with E-state index in [4.69, 9.17) is 27.1 Å². The maximum atomic E-state index is 7.06. The van der Waals surface area contributed by atoms with Gasteiger partial charge in [0.2, 0.25) is 0 Å². The van der Waals surface area contributed by atoms with E-state index in [1.807, 2.05) is 11.8 Å². The largest absolute Gasteiger partial charge is 0.460 e. The number of halogens is 2. The maximum Gasteiger partial charge on any atom is 0.132 e. The second kappa shape index (κ2) is 13.5. The van der Waals surface area contributed by atoms with Crippen molar-refractivity contribution in [3.05, 3.63) is 137 Å². The summed E-state index contributed by atoms with van der Waals surface area (Å²) in [4.78, 5) is 6.69. The van der Waals surface area contributed by atoms with Crippen molar-refractivity contribution in [2.45, 2.75) is 52.9 Å². The van der Waals surface area contributed by atoms with Crippen LogP contribution in [0.2, 0.25) is 0 Å². The Bertz CT molecular complexity index is 1980. The third-order valence-electron chi connectivity index (χ3n) is 9.14. The summed E-state index contributed by atoms with van der Waals surface area (Å²) < 4.78 is 10.3. The first-order chi connectivity index (χ1) is 22.4. The highest BCUT2D eigenvalue weighted by Crippen LogP contribution is 2.54. The lowest BCUT2D eigenvalue weighted by Gasteiger charge is -2.22. The fraction of sp³-hybridized carbons (Fsp3) is 0.250. The third kappa shape index (κ3) is 6.14. The van der Waals surface area contributed by atoms with Gasteiger partial charge in [-0.3, -0.25) is 0 Å². The molecular weight excluding hydrogens is 719 g/mol. The van der Waals surface area contributed by atoms with Gasteiger partial charge in [-0.1, -0.05) is 149 Å². The van der Waals surface area contributed by atoms with Gasteiger partial charge in [-0.25, -0.2) is 4.99 Å². The number of nitrogens with zero attached hydrogens (tertiary/aromatic N) is 1. The number of thioether (sulfide) groups is 1. The normalized spacial score (nSPS) is 22.8. The van der Waals surface area contributed by atoms with Gasteiger partial charge in [-0.05, 0) is 63.7 Å². The molecule has 3 aromatic carbocycles. The van der Waals surface area contributed by atoms with E-state index in [0.717, 1.165) is 64.3 Å². The number of benzene rings is 3. The molecule has 2 unspecified atom stereocenters. The van der Waals surface area contributed by atoms with E-state index in [2.05, 4.69) is 110 Å². The molecule has 0 bridgehead atoms. The monoisotopic (exact) mass is 756 g/mol. The minimum atomic E-state index is -0.121. The number of ether oxygens (including phenoxy) is 1. The number of amidine groups is 1. The van der Waals surface area contributed by atoms with Crippen LogP contribution in [0.25, 0.3) is 16.3 Å². The lowest BCUT2D eigenvalue weighted by Crippen LogP contribution is -2.17. The molecule has 0 radical (unpaired) electrons. The van der Waals surface area contributed by atoms with Crippen molar-refractivity contribution in [2.75, 3.05) is 0 Å². The topological polar surface area (TPSA) is 47.6 Å². The molecule has 0 saturated carbocycles. The van der Waals surface area contributed by atoms with E-state index >= 15 is 0 Å². The number of hydrogen-bond acceptors (Lipinski definition) is 3. The molecule has 0 amide bonds. The van der Waals surface area contributed by atoms with Crippen molar-refractivity contribution in [3.8, 4) is 5.75 Å². The van der Waals surface area contributed by atoms with Crippen LogP contribution >= 0.6 is 44.1 Å². The first kappa shape index (κ1) is 31.5. The van der Waals surface area contributed by atoms with E-state index in [-0.39, 0.29) is 26.6 Å². The van der Waals surface area contributed by atoms with E-state index in [1.165, 1.54) is 35.7 Å². The fourth-order valence-electron chi connectivity index (χ4n) is 6.50. The van der Waals surface area contributed by atoms with E-state index in [1.54, 1.807) is 0 Å². The molecular formula is C40H38ClIN2OS. The summed E-state index contributed by atoms with van der Waals surface area (Å²) in [5, 5.41) is 3.05. The minimum absolute atomic E-state index is 0.121. The molecule has 3 aromatic rings. The van der Waals surface area contributed by atoms with Crippen molar-refractivity contribution < 1.29 is 4.74 Å². The minimum Gasteiger partial charge on any atom is -0.460 e. The molecule has 234 valence electrons. The van der Waals surface area contributed by atoms with Crippen molar-refractivity contribution in [3.63, 3.8) is 0 Å². The molecule has 46 heavy (non-hydrogen) atoms. The van der Waals surface area contributed by atoms with Crippen molar-refractivity contribution in [1.82, 2.24) is 0 Å². The standard InChI is InChI=1S/C40H38ClIN2OS/c1-4-5-12-34(41)36-22-32-30-9-6-7-10-31(30)33(23-35(32)45-36)40(43)44-37(38-25(3)29-11-8-21-42-39(29)46-38)28-19-17-27(18-20-28)26-15-13-24(2)14-16-26/h6-11,13-19,21,23,25,28H,4-5,12,20,22H2,1-3H3,(H2,43,44)/b36-34-,38-37+. The molecule has 2 atom stereocenters. The second-order valence-corrected chi connectivity index (χ2v) is 16.9. The Morgan fingerprint density at radius 2 is 1.91 bits per heavy atom. The zero-order chi connectivity index (χ0) is 31.8. The van der Waals surface area contributed by atoms with Crippen LogP contribution < -0.4 is 10.5 Å². The van der Waals surface area contributed by atoms with Crippen LogP contribution in [0.1, 0.15) is 61.8 Å². The maximum absolute atomic E-state index is 7.06. The highest BCUT2D eigenvalue weighted by molar-refractivity contribution is 14.2. The van der Waals surface area contributed by atoms with Crippen LogP contribution in [0, 0.1) is 18.8 Å². The fourth-order valence-corrected chi connectivity index (χ4v) is 11.1. The number of allylic oxidation sites excluding steroid dienone is 10. The number of aliphatic imine (C=N–C) groups is 1. The molecule has 7 rings (SSSR count). The zero-order valence-corrected chi connectivity index (χ0v) is 30.2. The number of nitrogens with two attached hydrogens (primary N) is 1. The zero-order valence-electron chi connectivity index (χ0n) is 26.4. The van der Waals surface area contributed by atoms with E-state index in [0.29, 0.717) is 18.2 Å². The molecule has 3 aliphatic heterocycles. The summed E-state index contributed by atoms with van der Waals surface area (Å²) in [6.07, 6.45) is 16.0. The SMILES string of the molecule is CCCC/C(Cl)=C1\Cc2c(cc(C(N)=N/C(=C3/SC4=C(C=CC=I4)C3C)C3C=CC(c4ccc(C)cc4)=CC3)c3ccccc23)O1. The summed E-state index contributed by atoms with van der Waals surface area (Å²) in [5.74, 6) is 2.64. The summed E-state index contributed by atoms with van der Waals surface area (Å²) in [7, 11) is 0. The molecule has 1 aliphatic carbocycles. The van der Waals surface area contributed by atoms with Gasteiger partial charge in [0.05, 0.1) is 10.7 Å². The molecule has 3 nitrogen and oxygen atoms in total. The average Bonchev–Trinajstić information content (AvgIpc) is 3.67. The smallest absolute Gasteiger partial charge is 0.132 e. The van der Waals surface area contributed by atoms with Crippen LogP contribution in [0.5, 0.6) is 5.75 Å². The van der Waals surface area contributed by atoms with Crippen LogP contribution in [0.3, 0.4) is 0 Å². The third-order valence-corrected chi connectivity index (χ3v) is 14.0. The van der Waals surface area contributed by atoms with Gasteiger partial charge in [0, 0.05) is 37.2 Å². The Balaban J connectivity index is 1.29. The Morgan fingerprint density at radius 1 is 1.11 bits per heavy atom. The van der Waals surface area contributed by atoms with Crippen LogP contribution in [-0.4, -0.2) is 9.85 Å². The summed E-state index contributed by atoms with van der Waals surface area (Å²) in [6, 6.07) is 19.3. The number of fused-ring (bicyclic) bond motifs is 3. The Kier molecular flexibility index (Phi) is 9.26. The van der Waals surface area contributed by atoms with Gasteiger partial charge in [-0.15, -0.1) is 0 Å². The molecule has 0 aromatic heterocycles. The van der Waals surface area contributed by atoms with Crippen LogP contribution in [-0.2, 0) is 6.42 Å². The highest BCUT2D eigenvalue weighted by atomic mass is 127. The molecule has 0 spiro atoms. The molecule has 3 heterocycles. The lowest BCUT2D eigenvalue weighted by atomic mass is 9.88. The van der Waals surface area contributed by atoms with Crippen molar-refractivity contribution in [2.24, 2.45) is 22.6 Å². The number of aryl methyl sites for hydroxylation is 1. The quantitative estimate of drug-likeness (QED) is 0.148. The summed E-state index contributed by atoms with van der Waals surface area (Å²) in [5.41, 5.74) is 15.4. The number of hydrogen-bond donors (Lipinski definition) is 1. The van der Waals surface area contributed by atoms with Gasteiger partial charge in [0.1, 0.15) is 17.3 Å². The van der Waals surface area contributed by atoms with Gasteiger partial charge in [0.15, 0.2) is 0 Å². The molecule has 6 heteroatoms. The van der Waals surface area contributed by atoms with E-state index < -0.39 is 0 Å².